The van der Waals surface area contributed by atoms with E-state index >= 15 is 0 Å². The highest BCUT2D eigenvalue weighted by molar-refractivity contribution is 6.02. The lowest BCUT2D eigenvalue weighted by Gasteiger charge is -2.42. The lowest BCUT2D eigenvalue weighted by atomic mass is 9.98. The van der Waals surface area contributed by atoms with E-state index in [0.29, 0.717) is 6.54 Å². The number of hydroxylamine groups is 6. The number of hydrogen-bond acceptors (Lipinski definition) is 27. The Bertz CT molecular complexity index is 1880. The van der Waals surface area contributed by atoms with Crippen molar-refractivity contribution in [1.82, 2.24) is 20.5 Å². The smallest absolute Gasteiger partial charge is 0.457 e. The van der Waals surface area contributed by atoms with Crippen LogP contribution in [0.3, 0.4) is 0 Å². The molecule has 372 valence electrons. The van der Waals surface area contributed by atoms with Crippen molar-refractivity contribution in [2.24, 2.45) is 0 Å². The van der Waals surface area contributed by atoms with Crippen molar-refractivity contribution < 1.29 is 130 Å². The van der Waals surface area contributed by atoms with Crippen molar-refractivity contribution >= 4 is 71.9 Å². The second-order valence-electron chi connectivity index (χ2n) is 14.1. The van der Waals surface area contributed by atoms with Crippen LogP contribution in [0.25, 0.3) is 0 Å². The fourth-order valence-electron chi connectivity index (χ4n) is 6.35. The van der Waals surface area contributed by atoms with Gasteiger partial charge in [-0.15, -0.1) is 0 Å². The van der Waals surface area contributed by atoms with E-state index < -0.39 is 140 Å². The van der Waals surface area contributed by atoms with Crippen molar-refractivity contribution in [3.05, 3.63) is 0 Å². The van der Waals surface area contributed by atoms with E-state index in [-0.39, 0.29) is 60.3 Å². The average Bonchev–Trinajstić information content (AvgIpc) is 3.88. The molecule has 31 heteroatoms. The van der Waals surface area contributed by atoms with Crippen LogP contribution < -0.4 is 5.32 Å². The first-order chi connectivity index (χ1) is 31.7. The number of rotatable bonds is 14. The summed E-state index contributed by atoms with van der Waals surface area (Å²) in [7, 11) is 2.32. The minimum absolute atomic E-state index is 0.124. The fraction of sp³-hybridized carbons (Fsp3) is 0.667. The predicted octanol–water partition coefficient (Wildman–Crippen LogP) is -2.56. The number of nitrogens with one attached hydrogen (secondary N) is 1. The molecule has 0 radical (unpaired) electrons. The molecule has 0 aromatic carbocycles. The van der Waals surface area contributed by atoms with Crippen molar-refractivity contribution in [3.8, 4) is 0 Å². The van der Waals surface area contributed by atoms with Crippen LogP contribution in [0.1, 0.15) is 59.3 Å². The van der Waals surface area contributed by atoms with Crippen LogP contribution in [0.15, 0.2) is 0 Å². The first-order valence-corrected chi connectivity index (χ1v) is 19.9. The Labute approximate surface area is 376 Å². The van der Waals surface area contributed by atoms with Crippen LogP contribution in [-0.2, 0) is 100 Å². The maximum Gasteiger partial charge on any atom is 0.534 e. The van der Waals surface area contributed by atoms with Crippen molar-refractivity contribution in [3.63, 3.8) is 0 Å². The van der Waals surface area contributed by atoms with Gasteiger partial charge in [0.2, 0.25) is 0 Å². The summed E-state index contributed by atoms with van der Waals surface area (Å²) < 4.78 is 50.9. The maximum absolute atomic E-state index is 12.5. The molecule has 3 N–H and O–H groups in total. The van der Waals surface area contributed by atoms with Gasteiger partial charge in [0.05, 0.1) is 0 Å². The summed E-state index contributed by atoms with van der Waals surface area (Å²) in [4.78, 5) is 155. The van der Waals surface area contributed by atoms with Gasteiger partial charge in [-0.2, -0.15) is 0 Å². The number of imide groups is 3. The molecule has 31 nitrogen and oxygen atoms in total. The molecule has 0 saturated carbocycles. The molecule has 0 aliphatic carbocycles. The minimum Gasteiger partial charge on any atom is -0.457 e. The molecule has 7 amide bonds. The van der Waals surface area contributed by atoms with Crippen molar-refractivity contribution in [1.29, 1.82) is 0 Å². The van der Waals surface area contributed by atoms with Gasteiger partial charge in [-0.1, -0.05) is 15.2 Å². The molecular weight excluding hydrogens is 920 g/mol. The molecule has 0 aromatic heterocycles. The predicted molar refractivity (Wildman–Crippen MR) is 198 cm³/mol. The highest BCUT2D eigenvalue weighted by Crippen LogP contribution is 2.30. The molecule has 5 rings (SSSR count). The third-order valence-corrected chi connectivity index (χ3v) is 9.35. The van der Waals surface area contributed by atoms with Crippen molar-refractivity contribution in [2.75, 3.05) is 34.0 Å². The van der Waals surface area contributed by atoms with E-state index in [4.69, 9.17) is 47.4 Å². The Morgan fingerprint density at radius 2 is 0.866 bits per heavy atom. The number of aliphatic hydroxyl groups is 2. The van der Waals surface area contributed by atoms with Crippen LogP contribution in [0.5, 0.6) is 0 Å². The highest BCUT2D eigenvalue weighted by Gasteiger charge is 2.53. The summed E-state index contributed by atoms with van der Waals surface area (Å²) in [5.74, 6) is -6.40. The zero-order valence-corrected chi connectivity index (χ0v) is 36.1. The van der Waals surface area contributed by atoms with Gasteiger partial charge in [0.15, 0.2) is 37.0 Å². The lowest BCUT2D eigenvalue weighted by molar-refractivity contribution is -0.301. The number of methoxy groups -OCH3 is 2. The van der Waals surface area contributed by atoms with Crippen molar-refractivity contribution in [2.45, 2.75) is 121 Å². The van der Waals surface area contributed by atoms with Gasteiger partial charge in [0.1, 0.15) is 37.6 Å². The molecule has 5 saturated heterocycles. The van der Waals surface area contributed by atoms with E-state index in [0.717, 1.165) is 21.0 Å². The van der Waals surface area contributed by atoms with Crippen LogP contribution in [0.4, 0.5) is 19.2 Å². The molecule has 0 spiro atoms. The normalized spacial score (nSPS) is 28.2. The maximum atomic E-state index is 12.5. The second kappa shape index (κ2) is 24.1. The van der Waals surface area contributed by atoms with Crippen LogP contribution in [-0.4, -0.2) is 193 Å². The number of amides is 7. The third-order valence-electron chi connectivity index (χ3n) is 9.35. The number of ether oxygens (including phenoxy) is 10. The van der Waals surface area contributed by atoms with Gasteiger partial charge in [0.25, 0.3) is 35.4 Å². The number of nitrogens with zero attached hydrogens (tertiary/aromatic N) is 3. The first-order valence-electron chi connectivity index (χ1n) is 19.9. The van der Waals surface area contributed by atoms with Crippen LogP contribution >= 0.6 is 0 Å². The molecule has 10 unspecified atom stereocenters. The SMILES string of the molecule is CCNC(=O)OCC1OC(OC)C(OC(C)=O)C(O)C1OC(C)=O.COC1OC(COC(=O)ON2C(=O)CCC2=O)C(OC(=O)ON2C(=O)CCC2=O)C(O)C1OC(=O)ON1C(=O)CCC1=O. The fourth-order valence-corrected chi connectivity index (χ4v) is 6.35. The third kappa shape index (κ3) is 14.1. The summed E-state index contributed by atoms with van der Waals surface area (Å²) in [6.07, 6.45) is -22.3. The van der Waals surface area contributed by atoms with E-state index in [9.17, 15) is 67.7 Å². The Balaban J connectivity index is 0.000000346. The molecule has 67 heavy (non-hydrogen) atoms. The average molecular weight is 967 g/mol. The van der Waals surface area contributed by atoms with Crippen LogP contribution in [0.2, 0.25) is 0 Å². The zero-order chi connectivity index (χ0) is 49.7. The van der Waals surface area contributed by atoms with E-state index in [1.54, 1.807) is 6.92 Å². The lowest BCUT2D eigenvalue weighted by Crippen LogP contribution is -2.62. The quantitative estimate of drug-likeness (QED) is 0.0915. The van der Waals surface area contributed by atoms with Crippen LogP contribution in [0, 0.1) is 0 Å². The Kier molecular flexibility index (Phi) is 19.0. The second-order valence-corrected chi connectivity index (χ2v) is 14.1. The largest absolute Gasteiger partial charge is 0.534 e. The summed E-state index contributed by atoms with van der Waals surface area (Å²) in [6, 6.07) is 0. The minimum atomic E-state index is -2.11. The standard InChI is InChI=1S/C22H23N3O18.C14H23NO9/c1-36-19-18(40-22(35)43-25-14(30)6-7-15(25)31)16(32)17(39-21(34)42-24-12(28)4-5-13(24)29)9(38-19)8-37-20(33)41-23-10(26)2-3-11(23)27;1-5-15-14(19)21-6-9-11(22-7(2)16)10(18)12(23-8(3)17)13(20-4)24-9/h9,16-19,32H,2-8H2,1H3;9-13,18H,5-6H2,1-4H3,(H,15,19). The van der Waals surface area contributed by atoms with Gasteiger partial charge < -0.3 is 62.9 Å². The van der Waals surface area contributed by atoms with Gasteiger partial charge in [0, 0.05) is 73.1 Å². The molecule has 5 heterocycles. The molecule has 0 aromatic rings. The van der Waals surface area contributed by atoms with Gasteiger partial charge in [-0.05, 0) is 6.92 Å². The zero-order valence-electron chi connectivity index (χ0n) is 36.1. The highest BCUT2D eigenvalue weighted by atomic mass is 16.9. The summed E-state index contributed by atoms with van der Waals surface area (Å²) in [6.45, 7) is 3.18. The number of carbonyl (C=O) groups excluding carboxylic acids is 12. The molecule has 0 bridgehead atoms. The number of esters is 2. The van der Waals surface area contributed by atoms with Gasteiger partial charge in [-0.25, -0.2) is 19.2 Å². The number of alkyl carbamates (subject to hydrolysis) is 1. The summed E-state index contributed by atoms with van der Waals surface area (Å²) >= 11 is 0. The van der Waals surface area contributed by atoms with Gasteiger partial charge >= 0.3 is 36.5 Å². The van der Waals surface area contributed by atoms with E-state index in [1.165, 1.54) is 7.11 Å². The Hall–Kier alpha value is -6.80. The monoisotopic (exact) mass is 966 g/mol. The summed E-state index contributed by atoms with van der Waals surface area (Å²) in [5.41, 5.74) is 0. The Morgan fingerprint density at radius 3 is 1.24 bits per heavy atom. The number of aliphatic hydroxyl groups excluding tert-OH is 2. The molecule has 5 aliphatic heterocycles. The Morgan fingerprint density at radius 1 is 0.537 bits per heavy atom. The molecule has 10 atom stereocenters. The summed E-state index contributed by atoms with van der Waals surface area (Å²) in [5, 5.41) is 24.3. The first kappa shape index (κ1) is 52.8. The number of carbonyl (C=O) groups is 12. The molecule has 5 aliphatic rings. The topological polar surface area (TPSA) is 387 Å². The molecular formula is C36H46N4O27. The molecule has 5 fully saturated rings. The van der Waals surface area contributed by atoms with Gasteiger partial charge in [-0.3, -0.25) is 52.9 Å². The van der Waals surface area contributed by atoms with E-state index in [1.807, 2.05) is 0 Å². The van der Waals surface area contributed by atoms with E-state index in [2.05, 4.69) is 19.8 Å². The number of hydrogen-bond donors (Lipinski definition) is 3.